The van der Waals surface area contributed by atoms with Crippen LogP contribution in [0.15, 0.2) is 4.47 Å². The Hall–Kier alpha value is -0.880. The molecule has 2 rings (SSSR count). The molecule has 0 bridgehead atoms. The summed E-state index contributed by atoms with van der Waals surface area (Å²) >= 11 is 3.60. The molecule has 0 aliphatic carbocycles. The van der Waals surface area contributed by atoms with Gasteiger partial charge in [-0.2, -0.15) is 5.10 Å². The van der Waals surface area contributed by atoms with E-state index in [1.54, 1.807) is 0 Å². The molecule has 0 amide bonds. The van der Waals surface area contributed by atoms with E-state index in [9.17, 15) is 9.90 Å². The summed E-state index contributed by atoms with van der Waals surface area (Å²) in [5.41, 5.74) is 2.09. The van der Waals surface area contributed by atoms with Crippen molar-refractivity contribution in [3.8, 4) is 0 Å². The molecule has 1 aliphatic rings. The monoisotopic (exact) mass is 343 g/mol. The number of carboxylic acids is 1. The first-order chi connectivity index (χ1) is 9.43. The predicted octanol–water partition coefficient (Wildman–Crippen LogP) is 2.43. The van der Waals surface area contributed by atoms with E-state index in [2.05, 4.69) is 39.8 Å². The van der Waals surface area contributed by atoms with Crippen LogP contribution < -0.4 is 0 Å². The molecule has 112 valence electrons. The number of carbonyl (C=O) groups is 1. The number of aliphatic carboxylic acids is 1. The van der Waals surface area contributed by atoms with Gasteiger partial charge in [0.05, 0.1) is 15.9 Å². The lowest BCUT2D eigenvalue weighted by Crippen LogP contribution is -2.46. The Labute approximate surface area is 128 Å². The van der Waals surface area contributed by atoms with Gasteiger partial charge in [0.25, 0.3) is 0 Å². The maximum absolute atomic E-state index is 11.5. The molecular formula is C14H22BrN3O2. The van der Waals surface area contributed by atoms with Crippen LogP contribution in [-0.4, -0.2) is 38.3 Å². The van der Waals surface area contributed by atoms with Gasteiger partial charge in [-0.15, -0.1) is 0 Å². The van der Waals surface area contributed by atoms with Crippen molar-refractivity contribution >= 4 is 21.9 Å². The number of rotatable bonds is 4. The standard InChI is InChI=1S/C14H22BrN3O2/c1-4-10-13(15)12(17(3)16-10)8-18-6-5-9(2)7-11(18)14(19)20/h9,11H,4-8H2,1-3H3,(H,19,20). The highest BCUT2D eigenvalue weighted by atomic mass is 79.9. The van der Waals surface area contributed by atoms with Crippen LogP contribution in [0.2, 0.25) is 0 Å². The number of aromatic nitrogens is 2. The zero-order valence-corrected chi connectivity index (χ0v) is 13.9. The van der Waals surface area contributed by atoms with E-state index in [1.807, 2.05) is 11.7 Å². The average Bonchev–Trinajstić information content (AvgIpc) is 2.67. The minimum absolute atomic E-state index is 0.384. The maximum Gasteiger partial charge on any atom is 0.320 e. The molecule has 0 radical (unpaired) electrons. The molecule has 6 heteroatoms. The Morgan fingerprint density at radius 3 is 2.80 bits per heavy atom. The van der Waals surface area contributed by atoms with E-state index in [-0.39, 0.29) is 6.04 Å². The molecule has 1 aromatic heterocycles. The number of hydrogen-bond donors (Lipinski definition) is 1. The van der Waals surface area contributed by atoms with Crippen LogP contribution in [0, 0.1) is 5.92 Å². The lowest BCUT2D eigenvalue weighted by molar-refractivity contribution is -0.145. The number of nitrogens with zero attached hydrogens (tertiary/aromatic N) is 3. The van der Waals surface area contributed by atoms with Crippen LogP contribution in [0.25, 0.3) is 0 Å². The van der Waals surface area contributed by atoms with Crippen LogP contribution in [0.5, 0.6) is 0 Å². The molecule has 1 saturated heterocycles. The van der Waals surface area contributed by atoms with Gasteiger partial charge in [0, 0.05) is 13.6 Å². The zero-order chi connectivity index (χ0) is 14.9. The lowest BCUT2D eigenvalue weighted by Gasteiger charge is -2.35. The average molecular weight is 344 g/mol. The molecule has 5 nitrogen and oxygen atoms in total. The van der Waals surface area contributed by atoms with Gasteiger partial charge < -0.3 is 5.11 Å². The first kappa shape index (κ1) is 15.5. The van der Waals surface area contributed by atoms with Crippen LogP contribution >= 0.6 is 15.9 Å². The molecule has 1 N–H and O–H groups in total. The maximum atomic E-state index is 11.5. The molecule has 0 aromatic carbocycles. The highest BCUT2D eigenvalue weighted by Crippen LogP contribution is 2.28. The molecule has 2 heterocycles. The number of aryl methyl sites for hydroxylation is 2. The van der Waals surface area contributed by atoms with Crippen molar-refractivity contribution < 1.29 is 9.90 Å². The second-order valence-electron chi connectivity index (χ2n) is 5.64. The molecule has 1 fully saturated rings. The Balaban J connectivity index is 2.20. The summed E-state index contributed by atoms with van der Waals surface area (Å²) in [6.45, 7) is 5.66. The molecule has 0 spiro atoms. The normalized spacial score (nSPS) is 24.0. The fourth-order valence-corrected chi connectivity index (χ4v) is 3.56. The van der Waals surface area contributed by atoms with Crippen molar-refractivity contribution in [3.05, 3.63) is 15.9 Å². The van der Waals surface area contributed by atoms with Crippen LogP contribution in [0.1, 0.15) is 38.1 Å². The summed E-state index contributed by atoms with van der Waals surface area (Å²) < 4.78 is 2.88. The molecule has 20 heavy (non-hydrogen) atoms. The number of carboxylic acid groups (broad SMARTS) is 1. The zero-order valence-electron chi connectivity index (χ0n) is 12.3. The van der Waals surface area contributed by atoms with Gasteiger partial charge in [-0.05, 0) is 47.7 Å². The van der Waals surface area contributed by atoms with Crippen molar-refractivity contribution in [3.63, 3.8) is 0 Å². The van der Waals surface area contributed by atoms with Gasteiger partial charge in [-0.3, -0.25) is 14.4 Å². The quantitative estimate of drug-likeness (QED) is 0.912. The summed E-state index contributed by atoms with van der Waals surface area (Å²) in [7, 11) is 1.92. The number of halogens is 1. The topological polar surface area (TPSA) is 58.4 Å². The summed E-state index contributed by atoms with van der Waals surface area (Å²) in [5, 5.41) is 13.9. The van der Waals surface area contributed by atoms with E-state index in [0.717, 1.165) is 41.7 Å². The summed E-state index contributed by atoms with van der Waals surface area (Å²) in [6, 6.07) is -0.384. The van der Waals surface area contributed by atoms with Crippen molar-refractivity contribution in [2.45, 2.75) is 45.7 Å². The predicted molar refractivity (Wildman–Crippen MR) is 80.5 cm³/mol. The molecule has 2 atom stereocenters. The second kappa shape index (κ2) is 6.26. The van der Waals surface area contributed by atoms with Crippen molar-refractivity contribution in [2.75, 3.05) is 6.54 Å². The third-order valence-corrected chi connectivity index (χ3v) is 5.03. The summed E-state index contributed by atoms with van der Waals surface area (Å²) in [6.07, 6.45) is 2.65. The van der Waals surface area contributed by atoms with Gasteiger partial charge in [-0.1, -0.05) is 13.8 Å². The summed E-state index contributed by atoms with van der Waals surface area (Å²) in [4.78, 5) is 13.5. The summed E-state index contributed by atoms with van der Waals surface area (Å²) in [5.74, 6) is -0.237. The van der Waals surface area contributed by atoms with E-state index < -0.39 is 5.97 Å². The van der Waals surface area contributed by atoms with Gasteiger partial charge in [0.1, 0.15) is 6.04 Å². The Kier molecular flexibility index (Phi) is 4.86. The number of piperidine rings is 1. The first-order valence-corrected chi connectivity index (χ1v) is 7.90. The van der Waals surface area contributed by atoms with Gasteiger partial charge >= 0.3 is 5.97 Å². The second-order valence-corrected chi connectivity index (χ2v) is 6.43. The fraction of sp³-hybridized carbons (Fsp3) is 0.714. The third kappa shape index (κ3) is 3.06. The smallest absolute Gasteiger partial charge is 0.320 e. The largest absolute Gasteiger partial charge is 0.480 e. The highest BCUT2D eigenvalue weighted by molar-refractivity contribution is 9.10. The molecule has 1 aliphatic heterocycles. The van der Waals surface area contributed by atoms with Gasteiger partial charge in [-0.25, -0.2) is 0 Å². The SMILES string of the molecule is CCc1nn(C)c(CN2CCC(C)CC2C(=O)O)c1Br. The number of likely N-dealkylation sites (tertiary alicyclic amines) is 1. The molecular weight excluding hydrogens is 322 g/mol. The molecule has 1 aromatic rings. The molecule has 0 saturated carbocycles. The minimum Gasteiger partial charge on any atom is -0.480 e. The van der Waals surface area contributed by atoms with Gasteiger partial charge in [0.15, 0.2) is 0 Å². The lowest BCUT2D eigenvalue weighted by atomic mass is 9.92. The molecule has 2 unspecified atom stereocenters. The van der Waals surface area contributed by atoms with Crippen LogP contribution in [0.4, 0.5) is 0 Å². The van der Waals surface area contributed by atoms with Crippen molar-refractivity contribution in [1.82, 2.24) is 14.7 Å². The Morgan fingerprint density at radius 1 is 1.55 bits per heavy atom. The highest BCUT2D eigenvalue weighted by Gasteiger charge is 2.32. The Bertz CT molecular complexity index is 501. The Morgan fingerprint density at radius 2 is 2.25 bits per heavy atom. The first-order valence-electron chi connectivity index (χ1n) is 7.11. The number of hydrogen-bond acceptors (Lipinski definition) is 3. The van der Waals surface area contributed by atoms with Crippen LogP contribution in [0.3, 0.4) is 0 Å². The van der Waals surface area contributed by atoms with E-state index >= 15 is 0 Å². The van der Waals surface area contributed by atoms with Gasteiger partial charge in [0.2, 0.25) is 0 Å². The van der Waals surface area contributed by atoms with E-state index in [1.165, 1.54) is 0 Å². The van der Waals surface area contributed by atoms with Crippen molar-refractivity contribution in [2.24, 2.45) is 13.0 Å². The van der Waals surface area contributed by atoms with E-state index in [0.29, 0.717) is 12.5 Å². The third-order valence-electron chi connectivity index (χ3n) is 4.12. The van der Waals surface area contributed by atoms with Crippen LogP contribution in [-0.2, 0) is 24.8 Å². The minimum atomic E-state index is -0.717. The van der Waals surface area contributed by atoms with Crippen molar-refractivity contribution in [1.29, 1.82) is 0 Å². The van der Waals surface area contributed by atoms with E-state index in [4.69, 9.17) is 0 Å². The fourth-order valence-electron chi connectivity index (χ4n) is 2.82.